The minimum atomic E-state index is -0.831. The summed E-state index contributed by atoms with van der Waals surface area (Å²) in [5.74, 6) is -1.66. The van der Waals surface area contributed by atoms with Crippen LogP contribution in [-0.4, -0.2) is 22.2 Å². The zero-order chi connectivity index (χ0) is 16.1. The Morgan fingerprint density at radius 1 is 0.667 bits per heavy atom. The van der Waals surface area contributed by atoms with Crippen molar-refractivity contribution < 1.29 is 19.8 Å². The molecule has 0 aliphatic rings. The molecule has 0 aliphatic carbocycles. The summed E-state index contributed by atoms with van der Waals surface area (Å²) >= 11 is 0. The number of hydrogen-bond donors (Lipinski definition) is 2. The predicted octanol–water partition coefficient (Wildman–Crippen LogP) is 4.56. The lowest BCUT2D eigenvalue weighted by Gasteiger charge is -2.01. The Hall–Kier alpha value is -1.58. The van der Waals surface area contributed by atoms with Crippen LogP contribution in [0.4, 0.5) is 0 Å². The summed E-state index contributed by atoms with van der Waals surface area (Å²) in [5, 5.41) is 17.4. The molecule has 0 unspecified atom stereocenters. The molecule has 4 heteroatoms. The van der Waals surface area contributed by atoms with Crippen molar-refractivity contribution in [2.75, 3.05) is 0 Å². The van der Waals surface area contributed by atoms with Gasteiger partial charge >= 0.3 is 11.9 Å². The highest BCUT2D eigenvalue weighted by Crippen LogP contribution is 2.11. The minimum absolute atomic E-state index is 0.430. The number of hydrogen-bond acceptors (Lipinski definition) is 2. The molecule has 2 N–H and O–H groups in total. The van der Waals surface area contributed by atoms with Crippen LogP contribution in [0.1, 0.15) is 71.6 Å². The Balaban J connectivity index is 3.38. The second-order valence-corrected chi connectivity index (χ2v) is 5.44. The van der Waals surface area contributed by atoms with Crippen molar-refractivity contribution in [2.45, 2.75) is 71.6 Å². The molecular weight excluding hydrogens is 268 g/mol. The molecule has 0 bridgehead atoms. The average molecular weight is 296 g/mol. The fourth-order valence-electron chi connectivity index (χ4n) is 1.98. The summed E-state index contributed by atoms with van der Waals surface area (Å²) in [5.41, 5.74) is 0.861. The number of rotatable bonds is 12. The van der Waals surface area contributed by atoms with E-state index in [0.717, 1.165) is 38.5 Å². The first-order chi connectivity index (χ1) is 9.95. The lowest BCUT2D eigenvalue weighted by atomic mass is 10.1. The summed E-state index contributed by atoms with van der Waals surface area (Å²) in [6, 6.07) is 0. The molecule has 0 aromatic rings. The van der Waals surface area contributed by atoms with Crippen molar-refractivity contribution in [3.63, 3.8) is 0 Å². The predicted molar refractivity (Wildman–Crippen MR) is 84.3 cm³/mol. The van der Waals surface area contributed by atoms with Crippen LogP contribution in [0.2, 0.25) is 0 Å². The Morgan fingerprint density at radius 3 is 1.24 bits per heavy atom. The SMILES string of the molecule is C/C(=C\CCCCCCCCC/C=C(\C)C(=O)O)C(=O)O. The quantitative estimate of drug-likeness (QED) is 0.409. The first-order valence-corrected chi connectivity index (χ1v) is 7.75. The summed E-state index contributed by atoms with van der Waals surface area (Å²) in [6.45, 7) is 3.26. The maximum absolute atomic E-state index is 10.6. The summed E-state index contributed by atoms with van der Waals surface area (Å²) in [7, 11) is 0. The van der Waals surface area contributed by atoms with Crippen LogP contribution in [0.5, 0.6) is 0 Å². The van der Waals surface area contributed by atoms with E-state index in [2.05, 4.69) is 0 Å². The Labute approximate surface area is 127 Å². The zero-order valence-electron chi connectivity index (χ0n) is 13.2. The van der Waals surface area contributed by atoms with Gasteiger partial charge in [0, 0.05) is 11.1 Å². The van der Waals surface area contributed by atoms with E-state index in [9.17, 15) is 9.59 Å². The molecule has 4 nitrogen and oxygen atoms in total. The Morgan fingerprint density at radius 2 is 0.952 bits per heavy atom. The van der Waals surface area contributed by atoms with E-state index >= 15 is 0 Å². The zero-order valence-corrected chi connectivity index (χ0v) is 13.2. The molecule has 0 saturated heterocycles. The molecule has 0 rings (SSSR count). The molecule has 21 heavy (non-hydrogen) atoms. The fourth-order valence-corrected chi connectivity index (χ4v) is 1.98. The van der Waals surface area contributed by atoms with Crippen LogP contribution < -0.4 is 0 Å². The largest absolute Gasteiger partial charge is 0.478 e. The van der Waals surface area contributed by atoms with E-state index < -0.39 is 11.9 Å². The van der Waals surface area contributed by atoms with Crippen LogP contribution in [0.25, 0.3) is 0 Å². The van der Waals surface area contributed by atoms with Crippen LogP contribution in [0.15, 0.2) is 23.3 Å². The summed E-state index contributed by atoms with van der Waals surface area (Å²) in [4.78, 5) is 21.1. The normalized spacial score (nSPS) is 12.5. The van der Waals surface area contributed by atoms with Gasteiger partial charge in [0.05, 0.1) is 0 Å². The topological polar surface area (TPSA) is 74.6 Å². The number of aliphatic carboxylic acids is 2. The second kappa shape index (κ2) is 12.2. The molecule has 0 fully saturated rings. The van der Waals surface area contributed by atoms with Crippen molar-refractivity contribution in [3.05, 3.63) is 23.3 Å². The highest BCUT2D eigenvalue weighted by atomic mass is 16.4. The molecule has 0 radical (unpaired) electrons. The summed E-state index contributed by atoms with van der Waals surface area (Å²) < 4.78 is 0. The average Bonchev–Trinajstić information content (AvgIpc) is 2.43. The van der Waals surface area contributed by atoms with Crippen LogP contribution in [0.3, 0.4) is 0 Å². The lowest BCUT2D eigenvalue weighted by Crippen LogP contribution is -1.95. The monoisotopic (exact) mass is 296 g/mol. The van der Waals surface area contributed by atoms with Crippen molar-refractivity contribution in [3.8, 4) is 0 Å². The number of carbonyl (C=O) groups is 2. The standard InChI is InChI=1S/C17H28O4/c1-14(16(18)19)12-10-8-6-4-3-5-7-9-11-13-15(2)17(20)21/h12-13H,3-11H2,1-2H3,(H,18,19)(H,20,21)/b14-12+,15-13+. The van der Waals surface area contributed by atoms with Crippen molar-refractivity contribution in [2.24, 2.45) is 0 Å². The van der Waals surface area contributed by atoms with E-state index in [1.165, 1.54) is 19.3 Å². The molecule has 0 saturated carbocycles. The smallest absolute Gasteiger partial charge is 0.330 e. The first-order valence-electron chi connectivity index (χ1n) is 7.75. The van der Waals surface area contributed by atoms with E-state index in [-0.39, 0.29) is 0 Å². The summed E-state index contributed by atoms with van der Waals surface area (Å²) in [6.07, 6.45) is 13.2. The molecule has 0 amide bonds. The molecule has 0 aromatic carbocycles. The van der Waals surface area contributed by atoms with Gasteiger partial charge in [0.2, 0.25) is 0 Å². The highest BCUT2D eigenvalue weighted by Gasteiger charge is 1.99. The van der Waals surface area contributed by atoms with Crippen molar-refractivity contribution >= 4 is 11.9 Å². The molecule has 0 aliphatic heterocycles. The van der Waals surface area contributed by atoms with Gasteiger partial charge in [-0.15, -0.1) is 0 Å². The molecular formula is C17H28O4. The number of carboxylic acids is 2. The third-order valence-electron chi connectivity index (χ3n) is 3.48. The number of allylic oxidation sites excluding steroid dienone is 2. The number of carboxylic acid groups (broad SMARTS) is 2. The van der Waals surface area contributed by atoms with Crippen LogP contribution in [-0.2, 0) is 9.59 Å². The molecule has 0 atom stereocenters. The van der Waals surface area contributed by atoms with Gasteiger partial charge < -0.3 is 10.2 Å². The molecule has 0 heterocycles. The third-order valence-corrected chi connectivity index (χ3v) is 3.48. The molecule has 0 aromatic heterocycles. The van der Waals surface area contributed by atoms with Crippen molar-refractivity contribution in [1.82, 2.24) is 0 Å². The van der Waals surface area contributed by atoms with Gasteiger partial charge in [-0.05, 0) is 39.5 Å². The lowest BCUT2D eigenvalue weighted by molar-refractivity contribution is -0.133. The van der Waals surface area contributed by atoms with Gasteiger partial charge in [0.1, 0.15) is 0 Å². The third kappa shape index (κ3) is 11.9. The van der Waals surface area contributed by atoms with Crippen LogP contribution >= 0.6 is 0 Å². The fraction of sp³-hybridized carbons (Fsp3) is 0.647. The Bertz CT molecular complexity index is 344. The van der Waals surface area contributed by atoms with E-state index in [4.69, 9.17) is 10.2 Å². The highest BCUT2D eigenvalue weighted by molar-refractivity contribution is 5.86. The number of unbranched alkanes of at least 4 members (excludes halogenated alkanes) is 8. The molecule has 0 spiro atoms. The van der Waals surface area contributed by atoms with Gasteiger partial charge in [-0.2, -0.15) is 0 Å². The first kappa shape index (κ1) is 19.4. The maximum Gasteiger partial charge on any atom is 0.330 e. The van der Waals surface area contributed by atoms with E-state index in [1.807, 2.05) is 0 Å². The van der Waals surface area contributed by atoms with E-state index in [0.29, 0.717) is 11.1 Å². The van der Waals surface area contributed by atoms with E-state index in [1.54, 1.807) is 26.0 Å². The second-order valence-electron chi connectivity index (χ2n) is 5.44. The molecule has 120 valence electrons. The van der Waals surface area contributed by atoms with Gasteiger partial charge in [0.25, 0.3) is 0 Å². The van der Waals surface area contributed by atoms with Gasteiger partial charge in [0.15, 0.2) is 0 Å². The minimum Gasteiger partial charge on any atom is -0.478 e. The van der Waals surface area contributed by atoms with Crippen molar-refractivity contribution in [1.29, 1.82) is 0 Å². The van der Waals surface area contributed by atoms with Gasteiger partial charge in [-0.1, -0.05) is 44.3 Å². The van der Waals surface area contributed by atoms with Gasteiger partial charge in [-0.25, -0.2) is 9.59 Å². The maximum atomic E-state index is 10.6. The van der Waals surface area contributed by atoms with Gasteiger partial charge in [-0.3, -0.25) is 0 Å². The Kier molecular flexibility index (Phi) is 11.3. The van der Waals surface area contributed by atoms with Crippen LogP contribution in [0, 0.1) is 0 Å².